The van der Waals surface area contributed by atoms with Gasteiger partial charge in [0.15, 0.2) is 17.3 Å². The van der Waals surface area contributed by atoms with Crippen LogP contribution in [0.15, 0.2) is 89.3 Å². The first-order chi connectivity index (χ1) is 18.4. The summed E-state index contributed by atoms with van der Waals surface area (Å²) in [7, 11) is 0. The Kier molecular flexibility index (Phi) is 5.94. The summed E-state index contributed by atoms with van der Waals surface area (Å²) < 4.78 is 39.8. The number of carbonyl (C=O) groups is 2. The van der Waals surface area contributed by atoms with E-state index in [4.69, 9.17) is 9.47 Å². The molecule has 0 radical (unpaired) electrons. The number of fused-ring (bicyclic) bond motifs is 1. The lowest BCUT2D eigenvalue weighted by molar-refractivity contribution is -0.116. The third kappa shape index (κ3) is 4.12. The number of rotatable bonds is 4. The summed E-state index contributed by atoms with van der Waals surface area (Å²) in [6, 6.07) is 18.5. The molecule has 38 heavy (non-hydrogen) atoms. The molecule has 0 fully saturated rings. The van der Waals surface area contributed by atoms with Crippen LogP contribution in [-0.4, -0.2) is 18.5 Å². The molecule has 8 heteroatoms. The molecule has 1 aliphatic carbocycles. The van der Waals surface area contributed by atoms with E-state index in [9.17, 15) is 18.4 Å². The number of nitrogens with one attached hydrogen (secondary N) is 2. The summed E-state index contributed by atoms with van der Waals surface area (Å²) in [5, 5.41) is 5.68. The maximum absolute atomic E-state index is 14.4. The molecule has 6 rings (SSSR count). The third-order valence-corrected chi connectivity index (χ3v) is 7.27. The number of Topliss-reactive ketones (excluding diaryl/α,β-unsaturated/α-hetero) is 1. The molecule has 2 N–H and O–H groups in total. The maximum Gasteiger partial charge on any atom is 0.254 e. The molecule has 0 bridgehead atoms. The van der Waals surface area contributed by atoms with Crippen molar-refractivity contribution in [1.82, 2.24) is 5.32 Å². The molecule has 192 valence electrons. The fraction of sp³-hybridized carbons (Fsp3) is 0.200. The molecule has 3 aromatic carbocycles. The lowest BCUT2D eigenvalue weighted by Gasteiger charge is -2.37. The van der Waals surface area contributed by atoms with Gasteiger partial charge in [-0.3, -0.25) is 9.59 Å². The first-order valence-electron chi connectivity index (χ1n) is 12.3. The summed E-state index contributed by atoms with van der Waals surface area (Å²) in [6.07, 6.45) is 0.863. The van der Waals surface area contributed by atoms with Crippen molar-refractivity contribution in [3.63, 3.8) is 0 Å². The Hall–Kier alpha value is -4.46. The number of benzene rings is 3. The number of para-hydroxylation sites is 1. The highest BCUT2D eigenvalue weighted by Gasteiger charge is 2.41. The molecule has 1 amide bonds. The molecule has 0 aromatic heterocycles. The van der Waals surface area contributed by atoms with Gasteiger partial charge in [0.25, 0.3) is 5.91 Å². The van der Waals surface area contributed by atoms with Crippen molar-refractivity contribution in [3.05, 3.63) is 112 Å². The number of anilines is 1. The second kappa shape index (κ2) is 9.45. The Morgan fingerprint density at radius 3 is 2.42 bits per heavy atom. The topological polar surface area (TPSA) is 76.7 Å². The first kappa shape index (κ1) is 23.9. The smallest absolute Gasteiger partial charge is 0.254 e. The highest BCUT2D eigenvalue weighted by Crippen LogP contribution is 2.47. The van der Waals surface area contributed by atoms with Crippen LogP contribution >= 0.6 is 0 Å². The van der Waals surface area contributed by atoms with Gasteiger partial charge in [0, 0.05) is 34.9 Å². The minimum atomic E-state index is -0.889. The van der Waals surface area contributed by atoms with Gasteiger partial charge in [0.1, 0.15) is 17.3 Å². The number of hydrogen-bond acceptors (Lipinski definition) is 5. The number of ketones is 1. The van der Waals surface area contributed by atoms with E-state index in [1.54, 1.807) is 25.1 Å². The summed E-state index contributed by atoms with van der Waals surface area (Å²) in [4.78, 5) is 27.4. The van der Waals surface area contributed by atoms with Gasteiger partial charge in [-0.2, -0.15) is 0 Å². The van der Waals surface area contributed by atoms with Crippen molar-refractivity contribution in [1.29, 1.82) is 0 Å². The van der Waals surface area contributed by atoms with Gasteiger partial charge in [0.2, 0.25) is 6.79 Å². The summed E-state index contributed by atoms with van der Waals surface area (Å²) >= 11 is 0. The van der Waals surface area contributed by atoms with Crippen LogP contribution in [0.4, 0.5) is 14.5 Å². The molecule has 2 heterocycles. The first-order valence-corrected chi connectivity index (χ1v) is 12.3. The monoisotopic (exact) mass is 514 g/mol. The number of allylic oxidation sites excluding steroid dienone is 3. The van der Waals surface area contributed by atoms with Crippen LogP contribution in [0.1, 0.15) is 42.7 Å². The normalized spacial score (nSPS) is 20.2. The lowest BCUT2D eigenvalue weighted by atomic mass is 9.71. The van der Waals surface area contributed by atoms with E-state index >= 15 is 0 Å². The number of amides is 1. The Morgan fingerprint density at radius 1 is 0.921 bits per heavy atom. The molecule has 2 aliphatic heterocycles. The minimum absolute atomic E-state index is 0.0111. The van der Waals surface area contributed by atoms with Gasteiger partial charge in [-0.25, -0.2) is 8.78 Å². The quantitative estimate of drug-likeness (QED) is 0.468. The number of dihydropyridines is 1. The zero-order chi connectivity index (χ0) is 26.4. The zero-order valence-electron chi connectivity index (χ0n) is 20.5. The maximum atomic E-state index is 14.4. The summed E-state index contributed by atoms with van der Waals surface area (Å²) in [6.45, 7) is 1.80. The molecule has 0 saturated carbocycles. The van der Waals surface area contributed by atoms with E-state index in [0.717, 1.165) is 23.4 Å². The number of ether oxygens (including phenoxy) is 2. The second-order valence-corrected chi connectivity index (χ2v) is 9.59. The molecular formula is C30H24F2N2O4. The van der Waals surface area contributed by atoms with Crippen molar-refractivity contribution in [2.45, 2.75) is 31.6 Å². The Bertz CT molecular complexity index is 1510. The number of hydrogen-bond donors (Lipinski definition) is 2. The predicted octanol–water partition coefficient (Wildman–Crippen LogP) is 5.69. The third-order valence-electron chi connectivity index (χ3n) is 7.27. The largest absolute Gasteiger partial charge is 0.454 e. The van der Waals surface area contributed by atoms with E-state index in [-0.39, 0.29) is 30.5 Å². The average molecular weight is 515 g/mol. The van der Waals surface area contributed by atoms with Crippen LogP contribution in [0.3, 0.4) is 0 Å². The highest BCUT2D eigenvalue weighted by molar-refractivity contribution is 6.10. The highest BCUT2D eigenvalue weighted by atomic mass is 19.1. The summed E-state index contributed by atoms with van der Waals surface area (Å²) in [5.74, 6) is -2.28. The van der Waals surface area contributed by atoms with Crippen LogP contribution in [0.5, 0.6) is 11.5 Å². The standard InChI is InChI=1S/C30H24F2N2O4/c1-16-26(30(36)34-29-20(31)8-5-9-21(29)32)27(18-10-11-24-25(14-18)38-15-37-24)28-22(33-16)12-19(13-23(28)35)17-6-3-2-4-7-17/h2-11,14,19,27,33H,12-13,15H2,1H3,(H,34,36)/t19-,27-/m0/s1. The molecule has 2 atom stereocenters. The van der Waals surface area contributed by atoms with Gasteiger partial charge in [-0.15, -0.1) is 0 Å². The molecular weight excluding hydrogens is 490 g/mol. The SMILES string of the molecule is CC1=C(C(=O)Nc2c(F)cccc2F)[C@H](c2ccc3c(c2)OCO3)C2=C(C[C@H](c3ccccc3)CC2=O)N1. The zero-order valence-corrected chi connectivity index (χ0v) is 20.5. The van der Waals surface area contributed by atoms with Crippen LogP contribution in [0.25, 0.3) is 0 Å². The average Bonchev–Trinajstić information content (AvgIpc) is 3.38. The minimum Gasteiger partial charge on any atom is -0.454 e. The van der Waals surface area contributed by atoms with Crippen molar-refractivity contribution < 1.29 is 27.8 Å². The van der Waals surface area contributed by atoms with Crippen LogP contribution in [-0.2, 0) is 9.59 Å². The fourth-order valence-corrected chi connectivity index (χ4v) is 5.53. The van der Waals surface area contributed by atoms with Crippen molar-refractivity contribution in [2.24, 2.45) is 0 Å². The van der Waals surface area contributed by atoms with Gasteiger partial charge < -0.3 is 20.1 Å². The van der Waals surface area contributed by atoms with E-state index in [1.807, 2.05) is 30.3 Å². The van der Waals surface area contributed by atoms with E-state index < -0.39 is 29.1 Å². The van der Waals surface area contributed by atoms with Gasteiger partial charge in [-0.1, -0.05) is 42.5 Å². The van der Waals surface area contributed by atoms with Crippen LogP contribution in [0.2, 0.25) is 0 Å². The van der Waals surface area contributed by atoms with E-state index in [0.29, 0.717) is 34.8 Å². The molecule has 0 spiro atoms. The Morgan fingerprint density at radius 2 is 1.66 bits per heavy atom. The van der Waals surface area contributed by atoms with Crippen LogP contribution in [0, 0.1) is 11.6 Å². The molecule has 0 unspecified atom stereocenters. The summed E-state index contributed by atoms with van der Waals surface area (Å²) in [5.41, 5.74) is 3.09. The van der Waals surface area contributed by atoms with Gasteiger partial charge >= 0.3 is 0 Å². The number of halogens is 2. The van der Waals surface area contributed by atoms with Crippen LogP contribution < -0.4 is 20.1 Å². The molecule has 3 aliphatic rings. The molecule has 0 saturated heterocycles. The lowest BCUT2D eigenvalue weighted by Crippen LogP contribution is -2.37. The fourth-order valence-electron chi connectivity index (χ4n) is 5.53. The van der Waals surface area contributed by atoms with E-state index in [2.05, 4.69) is 10.6 Å². The second-order valence-electron chi connectivity index (χ2n) is 9.59. The van der Waals surface area contributed by atoms with Crippen molar-refractivity contribution in [3.8, 4) is 11.5 Å². The number of carbonyl (C=O) groups excluding carboxylic acids is 2. The van der Waals surface area contributed by atoms with Crippen molar-refractivity contribution >= 4 is 17.4 Å². The molecule has 6 nitrogen and oxygen atoms in total. The molecule has 3 aromatic rings. The van der Waals surface area contributed by atoms with Gasteiger partial charge in [0.05, 0.1) is 0 Å². The van der Waals surface area contributed by atoms with Gasteiger partial charge in [-0.05, 0) is 54.7 Å². The van der Waals surface area contributed by atoms with E-state index in [1.165, 1.54) is 6.07 Å². The Balaban J connectivity index is 1.44. The predicted molar refractivity (Wildman–Crippen MR) is 137 cm³/mol. The van der Waals surface area contributed by atoms with Crippen molar-refractivity contribution in [2.75, 3.05) is 12.1 Å². The Labute approximate surface area is 218 Å².